The van der Waals surface area contributed by atoms with Crippen LogP contribution in [0.15, 0.2) is 33.4 Å². The number of amides is 1. The van der Waals surface area contributed by atoms with Gasteiger partial charge in [0.05, 0.1) is 5.39 Å². The van der Waals surface area contributed by atoms with E-state index in [2.05, 4.69) is 15.5 Å². The van der Waals surface area contributed by atoms with Crippen LogP contribution in [0.3, 0.4) is 0 Å². The molecular formula is C16H15N3O3. The van der Waals surface area contributed by atoms with Gasteiger partial charge in [0.1, 0.15) is 17.7 Å². The van der Waals surface area contributed by atoms with Gasteiger partial charge in [0.15, 0.2) is 11.5 Å². The van der Waals surface area contributed by atoms with Gasteiger partial charge in [0.2, 0.25) is 0 Å². The Kier molecular flexibility index (Phi) is 2.96. The molecule has 1 N–H and O–H groups in total. The van der Waals surface area contributed by atoms with E-state index in [9.17, 15) is 4.79 Å². The summed E-state index contributed by atoms with van der Waals surface area (Å²) in [4.78, 5) is 16.5. The Morgan fingerprint density at radius 2 is 2.27 bits per heavy atom. The fourth-order valence-electron chi connectivity index (χ4n) is 2.34. The van der Waals surface area contributed by atoms with Crippen molar-refractivity contribution in [3.05, 3.63) is 35.9 Å². The standard InChI is InChI=1S/C16H15N3O3/c1-2-14-18-12(8-21-14)15-11-7-9(3-6-13(11)22-19-15)16(20)17-10-4-5-10/h3,6-8,10H,2,4-5H2,1H3,(H,17,20). The number of hydrogen-bond donors (Lipinski definition) is 1. The molecule has 0 bridgehead atoms. The number of benzene rings is 1. The highest BCUT2D eigenvalue weighted by Gasteiger charge is 2.24. The highest BCUT2D eigenvalue weighted by molar-refractivity contribution is 6.00. The number of rotatable bonds is 4. The summed E-state index contributed by atoms with van der Waals surface area (Å²) >= 11 is 0. The van der Waals surface area contributed by atoms with E-state index in [1.807, 2.05) is 6.92 Å². The molecule has 0 radical (unpaired) electrons. The summed E-state index contributed by atoms with van der Waals surface area (Å²) in [7, 11) is 0. The highest BCUT2D eigenvalue weighted by atomic mass is 16.5. The van der Waals surface area contributed by atoms with Crippen LogP contribution >= 0.6 is 0 Å². The minimum absolute atomic E-state index is 0.0639. The fourth-order valence-corrected chi connectivity index (χ4v) is 2.34. The molecule has 1 amide bonds. The molecular weight excluding hydrogens is 282 g/mol. The third kappa shape index (κ3) is 2.26. The van der Waals surface area contributed by atoms with Crippen LogP contribution in [0.25, 0.3) is 22.4 Å². The van der Waals surface area contributed by atoms with Crippen LogP contribution in [0, 0.1) is 0 Å². The molecule has 1 saturated carbocycles. The van der Waals surface area contributed by atoms with Crippen molar-refractivity contribution in [2.24, 2.45) is 0 Å². The van der Waals surface area contributed by atoms with E-state index in [1.165, 1.54) is 0 Å². The van der Waals surface area contributed by atoms with Crippen molar-refractivity contribution in [3.8, 4) is 11.4 Å². The second kappa shape index (κ2) is 4.98. The van der Waals surface area contributed by atoms with Crippen LogP contribution in [-0.2, 0) is 6.42 Å². The Morgan fingerprint density at radius 3 is 3.00 bits per heavy atom. The summed E-state index contributed by atoms with van der Waals surface area (Å²) < 4.78 is 10.7. The fraction of sp³-hybridized carbons (Fsp3) is 0.312. The van der Waals surface area contributed by atoms with Crippen molar-refractivity contribution in [1.82, 2.24) is 15.5 Å². The van der Waals surface area contributed by atoms with Gasteiger partial charge in [-0.05, 0) is 31.0 Å². The van der Waals surface area contributed by atoms with Crippen LogP contribution in [0.2, 0.25) is 0 Å². The van der Waals surface area contributed by atoms with Crippen molar-refractivity contribution >= 4 is 16.9 Å². The van der Waals surface area contributed by atoms with Crippen LogP contribution in [0.4, 0.5) is 0 Å². The molecule has 0 atom stereocenters. The molecule has 4 rings (SSSR count). The molecule has 3 aromatic rings. The van der Waals surface area contributed by atoms with Crippen LogP contribution in [0.5, 0.6) is 0 Å². The van der Waals surface area contributed by atoms with Gasteiger partial charge in [-0.15, -0.1) is 0 Å². The SMILES string of the molecule is CCc1nc(-c2noc3ccc(C(=O)NC4CC4)cc23)co1. The average molecular weight is 297 g/mol. The monoisotopic (exact) mass is 297 g/mol. The molecule has 6 heteroatoms. The first kappa shape index (κ1) is 13.1. The second-order valence-corrected chi connectivity index (χ2v) is 5.47. The molecule has 2 heterocycles. The Hall–Kier alpha value is -2.63. The zero-order valence-electron chi connectivity index (χ0n) is 12.1. The van der Waals surface area contributed by atoms with Gasteiger partial charge >= 0.3 is 0 Å². The summed E-state index contributed by atoms with van der Waals surface area (Å²) in [5, 5.41) is 7.80. The quantitative estimate of drug-likeness (QED) is 0.800. The van der Waals surface area contributed by atoms with E-state index in [4.69, 9.17) is 8.94 Å². The van der Waals surface area contributed by atoms with Crippen molar-refractivity contribution in [3.63, 3.8) is 0 Å². The zero-order valence-corrected chi connectivity index (χ0v) is 12.1. The lowest BCUT2D eigenvalue weighted by Gasteiger charge is -2.02. The molecule has 22 heavy (non-hydrogen) atoms. The van der Waals surface area contributed by atoms with Crippen molar-refractivity contribution in [1.29, 1.82) is 0 Å². The van der Waals surface area contributed by atoms with Gasteiger partial charge in [-0.25, -0.2) is 4.98 Å². The molecule has 1 aliphatic rings. The minimum Gasteiger partial charge on any atom is -0.448 e. The third-order valence-corrected chi connectivity index (χ3v) is 3.74. The molecule has 1 fully saturated rings. The van der Waals surface area contributed by atoms with Gasteiger partial charge < -0.3 is 14.3 Å². The average Bonchev–Trinajstić information content (AvgIpc) is 3.07. The summed E-state index contributed by atoms with van der Waals surface area (Å²) in [6.45, 7) is 1.97. The molecule has 0 unspecified atom stereocenters. The van der Waals surface area contributed by atoms with E-state index in [0.29, 0.717) is 40.9 Å². The van der Waals surface area contributed by atoms with Gasteiger partial charge in [0, 0.05) is 18.0 Å². The lowest BCUT2D eigenvalue weighted by Crippen LogP contribution is -2.25. The van der Waals surface area contributed by atoms with Crippen LogP contribution < -0.4 is 5.32 Å². The maximum Gasteiger partial charge on any atom is 0.251 e. The Bertz CT molecular complexity index is 845. The number of oxazole rings is 1. The summed E-state index contributed by atoms with van der Waals surface area (Å²) in [5.41, 5.74) is 2.44. The molecule has 2 aromatic heterocycles. The molecule has 1 aromatic carbocycles. The largest absolute Gasteiger partial charge is 0.448 e. The summed E-state index contributed by atoms with van der Waals surface area (Å²) in [6, 6.07) is 5.62. The van der Waals surface area contributed by atoms with E-state index >= 15 is 0 Å². The smallest absolute Gasteiger partial charge is 0.251 e. The summed E-state index contributed by atoms with van der Waals surface area (Å²) in [5.74, 6) is 0.583. The number of aryl methyl sites for hydroxylation is 1. The zero-order chi connectivity index (χ0) is 15.1. The first-order valence-electron chi connectivity index (χ1n) is 7.39. The van der Waals surface area contributed by atoms with Gasteiger partial charge in [-0.1, -0.05) is 12.1 Å². The van der Waals surface area contributed by atoms with Gasteiger partial charge in [0.25, 0.3) is 5.91 Å². The van der Waals surface area contributed by atoms with Gasteiger partial charge in [-0.3, -0.25) is 4.79 Å². The van der Waals surface area contributed by atoms with Crippen molar-refractivity contribution in [2.75, 3.05) is 0 Å². The van der Waals surface area contributed by atoms with E-state index in [1.54, 1.807) is 24.5 Å². The van der Waals surface area contributed by atoms with E-state index in [-0.39, 0.29) is 5.91 Å². The Balaban J connectivity index is 1.73. The van der Waals surface area contributed by atoms with Crippen LogP contribution in [-0.4, -0.2) is 22.1 Å². The molecule has 0 aliphatic heterocycles. The normalized spacial score (nSPS) is 14.4. The highest BCUT2D eigenvalue weighted by Crippen LogP contribution is 2.28. The maximum absolute atomic E-state index is 12.2. The molecule has 6 nitrogen and oxygen atoms in total. The first-order chi connectivity index (χ1) is 10.7. The number of fused-ring (bicyclic) bond motifs is 1. The van der Waals surface area contributed by atoms with Crippen molar-refractivity contribution in [2.45, 2.75) is 32.2 Å². The number of carbonyl (C=O) groups is 1. The predicted molar refractivity (Wildman–Crippen MR) is 79.4 cm³/mol. The summed E-state index contributed by atoms with van der Waals surface area (Å²) in [6.07, 6.45) is 4.40. The lowest BCUT2D eigenvalue weighted by atomic mass is 10.1. The van der Waals surface area contributed by atoms with E-state index < -0.39 is 0 Å². The molecule has 0 spiro atoms. The minimum atomic E-state index is -0.0639. The number of carbonyl (C=O) groups excluding carboxylic acids is 1. The Morgan fingerprint density at radius 1 is 1.41 bits per heavy atom. The van der Waals surface area contributed by atoms with Crippen LogP contribution in [0.1, 0.15) is 36.0 Å². The number of nitrogens with zero attached hydrogens (tertiary/aromatic N) is 2. The number of aromatic nitrogens is 2. The number of nitrogens with one attached hydrogen (secondary N) is 1. The van der Waals surface area contributed by atoms with Gasteiger partial charge in [-0.2, -0.15) is 0 Å². The topological polar surface area (TPSA) is 81.2 Å². The van der Waals surface area contributed by atoms with Crippen molar-refractivity contribution < 1.29 is 13.7 Å². The predicted octanol–water partition coefficient (Wildman–Crippen LogP) is 2.94. The second-order valence-electron chi connectivity index (χ2n) is 5.47. The molecule has 1 aliphatic carbocycles. The first-order valence-corrected chi connectivity index (χ1v) is 7.39. The Labute approximate surface area is 126 Å². The molecule has 0 saturated heterocycles. The van der Waals surface area contributed by atoms with E-state index in [0.717, 1.165) is 18.2 Å². The third-order valence-electron chi connectivity index (χ3n) is 3.74. The lowest BCUT2D eigenvalue weighted by molar-refractivity contribution is 0.0951. The number of hydrogen-bond acceptors (Lipinski definition) is 5. The maximum atomic E-state index is 12.2. The molecule has 112 valence electrons.